The first kappa shape index (κ1) is 8.50. The number of hydrogen-bond acceptors (Lipinski definition) is 2. The Morgan fingerprint density at radius 3 is 2.86 bits per heavy atom. The van der Waals surface area contributed by atoms with Crippen molar-refractivity contribution < 1.29 is 0 Å². The minimum Gasteiger partial charge on any atom is -0.360 e. The average molecular weight is 191 g/mol. The van der Waals surface area contributed by atoms with Crippen molar-refractivity contribution in [2.24, 2.45) is 5.73 Å². The minimum atomic E-state index is 0.768. The number of rotatable bonds is 3. The highest BCUT2D eigenvalue weighted by molar-refractivity contribution is 5.42. The van der Waals surface area contributed by atoms with Gasteiger partial charge in [0, 0.05) is 24.5 Å². The van der Waals surface area contributed by atoms with Gasteiger partial charge in [-0.3, -0.25) is 0 Å². The van der Waals surface area contributed by atoms with Crippen LogP contribution in [0.25, 0.3) is 0 Å². The minimum absolute atomic E-state index is 0.768. The quantitative estimate of drug-likeness (QED) is 0.667. The van der Waals surface area contributed by atoms with Crippen molar-refractivity contribution in [2.75, 3.05) is 6.54 Å². The maximum absolute atomic E-state index is 5.67. The molecule has 1 aromatic rings. The van der Waals surface area contributed by atoms with Crippen LogP contribution in [-0.2, 0) is 19.5 Å². The van der Waals surface area contributed by atoms with E-state index in [2.05, 4.69) is 10.3 Å². The molecule has 0 aromatic carbocycles. The molecule has 1 aliphatic heterocycles. The second-order valence-electron chi connectivity index (χ2n) is 4.39. The first-order chi connectivity index (χ1) is 6.90. The molecule has 14 heavy (non-hydrogen) atoms. The summed E-state index contributed by atoms with van der Waals surface area (Å²) >= 11 is 0. The largest absolute Gasteiger partial charge is 0.360 e. The Labute approximate surface area is 84.1 Å². The molecule has 0 saturated heterocycles. The van der Waals surface area contributed by atoms with Gasteiger partial charge in [-0.05, 0) is 42.9 Å². The maximum atomic E-state index is 5.67. The monoisotopic (exact) mass is 191 g/mol. The zero-order chi connectivity index (χ0) is 9.54. The summed E-state index contributed by atoms with van der Waals surface area (Å²) < 4.78 is 0. The van der Waals surface area contributed by atoms with E-state index < -0.39 is 0 Å². The van der Waals surface area contributed by atoms with Crippen LogP contribution >= 0.6 is 0 Å². The number of fused-ring (bicyclic) bond motifs is 1. The molecule has 0 atom stereocenters. The van der Waals surface area contributed by atoms with E-state index in [1.165, 1.54) is 35.4 Å². The van der Waals surface area contributed by atoms with Crippen molar-refractivity contribution in [3.8, 4) is 0 Å². The molecular formula is C11H17N3. The molecule has 1 saturated carbocycles. The molecule has 3 nitrogen and oxygen atoms in total. The van der Waals surface area contributed by atoms with Crippen molar-refractivity contribution in [2.45, 2.75) is 38.3 Å². The zero-order valence-electron chi connectivity index (χ0n) is 8.40. The lowest BCUT2D eigenvalue weighted by molar-refractivity contribution is 0.741. The smallest absolute Gasteiger partial charge is 0.0363 e. The molecule has 1 aliphatic carbocycles. The first-order valence-electron chi connectivity index (χ1n) is 5.53. The number of nitrogens with two attached hydrogens (primary N) is 1. The van der Waals surface area contributed by atoms with Gasteiger partial charge in [0.15, 0.2) is 0 Å². The Kier molecular flexibility index (Phi) is 1.89. The molecule has 0 bridgehead atoms. The maximum Gasteiger partial charge on any atom is 0.0363 e. The van der Waals surface area contributed by atoms with E-state index in [4.69, 9.17) is 5.73 Å². The van der Waals surface area contributed by atoms with Gasteiger partial charge in [0.2, 0.25) is 0 Å². The van der Waals surface area contributed by atoms with Crippen LogP contribution in [0.15, 0.2) is 0 Å². The van der Waals surface area contributed by atoms with Crippen molar-refractivity contribution in [1.82, 2.24) is 10.3 Å². The van der Waals surface area contributed by atoms with Gasteiger partial charge in [-0.2, -0.15) is 0 Å². The summed E-state index contributed by atoms with van der Waals surface area (Å²) in [6, 6.07) is 0. The highest BCUT2D eigenvalue weighted by Gasteiger charge is 2.31. The average Bonchev–Trinajstić information content (AvgIpc) is 2.82. The van der Waals surface area contributed by atoms with Crippen LogP contribution in [0.5, 0.6) is 0 Å². The Bertz CT molecular complexity index is 350. The van der Waals surface area contributed by atoms with Gasteiger partial charge in [0.25, 0.3) is 0 Å². The summed E-state index contributed by atoms with van der Waals surface area (Å²) in [5, 5.41) is 3.38. The van der Waals surface area contributed by atoms with E-state index in [0.29, 0.717) is 0 Å². The normalized spacial score (nSPS) is 20.1. The second-order valence-corrected chi connectivity index (χ2v) is 4.39. The zero-order valence-corrected chi connectivity index (χ0v) is 8.40. The fourth-order valence-corrected chi connectivity index (χ4v) is 2.49. The molecule has 0 radical (unpaired) electrons. The predicted octanol–water partition coefficient (Wildman–Crippen LogP) is 0.996. The summed E-state index contributed by atoms with van der Waals surface area (Å²) in [6.07, 6.45) is 3.77. The van der Waals surface area contributed by atoms with Crippen LogP contribution in [-0.4, -0.2) is 11.5 Å². The molecule has 1 aromatic heterocycles. The van der Waals surface area contributed by atoms with Crippen LogP contribution < -0.4 is 11.1 Å². The summed E-state index contributed by atoms with van der Waals surface area (Å²) in [6.45, 7) is 2.82. The van der Waals surface area contributed by atoms with Gasteiger partial charge in [-0.25, -0.2) is 0 Å². The van der Waals surface area contributed by atoms with Crippen LogP contribution in [0.1, 0.15) is 41.3 Å². The Hall–Kier alpha value is -0.800. The molecule has 1 fully saturated rings. The van der Waals surface area contributed by atoms with Crippen molar-refractivity contribution in [1.29, 1.82) is 0 Å². The molecule has 3 heteroatoms. The van der Waals surface area contributed by atoms with E-state index in [-0.39, 0.29) is 0 Å². The second kappa shape index (κ2) is 3.11. The summed E-state index contributed by atoms with van der Waals surface area (Å²) in [4.78, 5) is 3.59. The van der Waals surface area contributed by atoms with Crippen molar-refractivity contribution in [3.63, 3.8) is 0 Å². The highest BCUT2D eigenvalue weighted by Crippen LogP contribution is 2.43. The standard InChI is InChI=1S/C11H17N3/c12-4-3-8-9-5-13-6-10(9)14-11(8)7-1-2-7/h7,13-14H,1-6,12H2. The Morgan fingerprint density at radius 2 is 2.14 bits per heavy atom. The van der Waals surface area contributed by atoms with Crippen LogP contribution in [0.4, 0.5) is 0 Å². The molecule has 0 unspecified atom stereocenters. The number of hydrogen-bond donors (Lipinski definition) is 3. The van der Waals surface area contributed by atoms with E-state index in [1.807, 2.05) is 0 Å². The van der Waals surface area contributed by atoms with E-state index in [0.717, 1.165) is 32.0 Å². The third kappa shape index (κ3) is 1.20. The third-order valence-electron chi connectivity index (χ3n) is 3.32. The molecular weight excluding hydrogens is 174 g/mol. The Balaban J connectivity index is 2.01. The lowest BCUT2D eigenvalue weighted by atomic mass is 10.0. The van der Waals surface area contributed by atoms with E-state index in [9.17, 15) is 0 Å². The first-order valence-corrected chi connectivity index (χ1v) is 5.53. The molecule has 2 aliphatic rings. The van der Waals surface area contributed by atoms with Crippen LogP contribution in [0.3, 0.4) is 0 Å². The highest BCUT2D eigenvalue weighted by atomic mass is 15.0. The fourth-order valence-electron chi connectivity index (χ4n) is 2.49. The molecule has 0 spiro atoms. The molecule has 0 amide bonds. The number of H-pyrrole nitrogens is 1. The SMILES string of the molecule is NCCc1c(C2CC2)[nH]c2c1CNC2. The van der Waals surface area contributed by atoms with Gasteiger partial charge in [-0.1, -0.05) is 0 Å². The Morgan fingerprint density at radius 1 is 1.29 bits per heavy atom. The van der Waals surface area contributed by atoms with E-state index >= 15 is 0 Å². The molecule has 2 heterocycles. The van der Waals surface area contributed by atoms with Gasteiger partial charge in [0.05, 0.1) is 0 Å². The molecule has 3 rings (SSSR count). The summed E-state index contributed by atoms with van der Waals surface area (Å²) in [7, 11) is 0. The molecule has 4 N–H and O–H groups in total. The lowest BCUT2D eigenvalue weighted by Crippen LogP contribution is -2.08. The van der Waals surface area contributed by atoms with Gasteiger partial charge >= 0.3 is 0 Å². The predicted molar refractivity (Wildman–Crippen MR) is 56.1 cm³/mol. The number of aromatic nitrogens is 1. The lowest BCUT2D eigenvalue weighted by Gasteiger charge is -2.03. The fraction of sp³-hybridized carbons (Fsp3) is 0.636. The topological polar surface area (TPSA) is 53.8 Å². The van der Waals surface area contributed by atoms with Crippen LogP contribution in [0, 0.1) is 0 Å². The van der Waals surface area contributed by atoms with Crippen molar-refractivity contribution >= 4 is 0 Å². The number of aromatic amines is 1. The summed E-state index contributed by atoms with van der Waals surface area (Å²) in [5.41, 5.74) is 11.6. The van der Waals surface area contributed by atoms with Gasteiger partial charge in [-0.15, -0.1) is 0 Å². The van der Waals surface area contributed by atoms with Gasteiger partial charge in [0.1, 0.15) is 0 Å². The van der Waals surface area contributed by atoms with E-state index in [1.54, 1.807) is 0 Å². The number of nitrogens with one attached hydrogen (secondary N) is 2. The molecule has 76 valence electrons. The van der Waals surface area contributed by atoms with Crippen molar-refractivity contribution in [3.05, 3.63) is 22.5 Å². The van der Waals surface area contributed by atoms with Gasteiger partial charge < -0.3 is 16.0 Å². The van der Waals surface area contributed by atoms with Crippen LogP contribution in [0.2, 0.25) is 0 Å². The summed E-state index contributed by atoms with van der Waals surface area (Å²) in [5.74, 6) is 0.821. The third-order valence-corrected chi connectivity index (χ3v) is 3.32.